The molecule has 2 N–H and O–H groups in total. The topological polar surface area (TPSA) is 58.2 Å². The van der Waals surface area contributed by atoms with Gasteiger partial charge in [-0.3, -0.25) is 9.59 Å². The van der Waals surface area contributed by atoms with E-state index in [1.807, 2.05) is 72.8 Å². The summed E-state index contributed by atoms with van der Waals surface area (Å²) in [6.07, 6.45) is 6.89. The van der Waals surface area contributed by atoms with Crippen LogP contribution in [0.2, 0.25) is 0 Å². The highest BCUT2D eigenvalue weighted by atomic mass is 79.9. The van der Waals surface area contributed by atoms with Crippen molar-refractivity contribution in [2.75, 3.05) is 5.32 Å². The van der Waals surface area contributed by atoms with Crippen LogP contribution in [0.15, 0.2) is 114 Å². The molecule has 2 amide bonds. The first-order chi connectivity index (χ1) is 22.2. The monoisotopic (exact) mass is 736 g/mol. The van der Waals surface area contributed by atoms with E-state index < -0.39 is 9.83 Å². The van der Waals surface area contributed by atoms with Crippen LogP contribution in [0.1, 0.15) is 65.6 Å². The number of carbonyl (C=O) groups excluding carboxylic acids is 2. The second-order valence-electron chi connectivity index (χ2n) is 12.9. The number of hydrogen-bond acceptors (Lipinski definition) is 2. The molecule has 4 aromatic carbocycles. The van der Waals surface area contributed by atoms with Gasteiger partial charge in [0.1, 0.15) is 5.54 Å². The Labute approximate surface area is 294 Å². The maximum absolute atomic E-state index is 14.3. The highest BCUT2D eigenvalue weighted by Gasteiger charge is 2.54. The van der Waals surface area contributed by atoms with Crippen LogP contribution < -0.4 is 10.6 Å². The lowest BCUT2D eigenvalue weighted by Gasteiger charge is -2.55. The third-order valence-corrected chi connectivity index (χ3v) is 10.6. The maximum Gasteiger partial charge on any atom is 0.253 e. The van der Waals surface area contributed by atoms with E-state index in [2.05, 4.69) is 63.0 Å². The minimum atomic E-state index is -0.932. The van der Waals surface area contributed by atoms with E-state index in [-0.39, 0.29) is 17.2 Å². The number of hydrogen-bond donors (Lipinski definition) is 2. The molecule has 4 bridgehead atoms. The average Bonchev–Trinajstić information content (AvgIpc) is 3.05. The highest BCUT2D eigenvalue weighted by molar-refractivity contribution is 9.10. The van der Waals surface area contributed by atoms with Crippen LogP contribution in [0.5, 0.6) is 0 Å². The maximum atomic E-state index is 14.3. The summed E-state index contributed by atoms with van der Waals surface area (Å²) in [6.45, 7) is 0. The van der Waals surface area contributed by atoms with Crippen molar-refractivity contribution in [2.24, 2.45) is 23.2 Å². The van der Waals surface area contributed by atoms with Gasteiger partial charge in [0.15, 0.2) is 4.30 Å². The molecule has 4 aliphatic carbocycles. The zero-order valence-corrected chi connectivity index (χ0v) is 29.1. The summed E-state index contributed by atoms with van der Waals surface area (Å²) in [7, 11) is 0. The van der Waals surface area contributed by atoms with E-state index in [1.54, 1.807) is 0 Å². The number of benzene rings is 4. The Morgan fingerprint density at radius 3 is 1.52 bits per heavy atom. The van der Waals surface area contributed by atoms with Crippen molar-refractivity contribution >= 4 is 68.2 Å². The van der Waals surface area contributed by atoms with Crippen LogP contribution >= 0.6 is 50.7 Å². The van der Waals surface area contributed by atoms with Gasteiger partial charge in [-0.25, -0.2) is 0 Å². The van der Waals surface area contributed by atoms with Crippen molar-refractivity contribution in [3.63, 3.8) is 0 Å². The van der Waals surface area contributed by atoms with Gasteiger partial charge in [-0.05, 0) is 107 Å². The molecule has 4 fully saturated rings. The summed E-state index contributed by atoms with van der Waals surface area (Å²) in [4.78, 5) is 28.1. The molecule has 0 atom stereocenters. The Bertz CT molecular complexity index is 1530. The molecule has 0 spiro atoms. The van der Waals surface area contributed by atoms with E-state index in [0.717, 1.165) is 36.0 Å². The Kier molecular flexibility index (Phi) is 10.1. The second kappa shape index (κ2) is 14.1. The third kappa shape index (κ3) is 6.89. The lowest BCUT2D eigenvalue weighted by atomic mass is 9.49. The van der Waals surface area contributed by atoms with Gasteiger partial charge < -0.3 is 10.6 Å². The van der Waals surface area contributed by atoms with Crippen molar-refractivity contribution in [1.82, 2.24) is 5.32 Å². The fourth-order valence-corrected chi connectivity index (χ4v) is 8.87. The van der Waals surface area contributed by atoms with Crippen LogP contribution in [-0.4, -0.2) is 16.1 Å². The zero-order valence-electron chi connectivity index (χ0n) is 25.3. The molecular formula is C38H36BrCl3N2O2. The number of amides is 2. The number of rotatable bonds is 7. The average molecular weight is 739 g/mol. The first-order valence-corrected chi connectivity index (χ1v) is 17.8. The molecule has 4 saturated carbocycles. The molecule has 0 saturated heterocycles. The third-order valence-electron chi connectivity index (χ3n) is 9.91. The highest BCUT2D eigenvalue weighted by Crippen LogP contribution is 2.60. The Hall–Kier alpha value is -2.83. The molecule has 0 unspecified atom stereocenters. The molecule has 0 heterocycles. The predicted octanol–water partition coefficient (Wildman–Crippen LogP) is 10.3. The lowest BCUT2D eigenvalue weighted by Crippen LogP contribution is -2.51. The summed E-state index contributed by atoms with van der Waals surface area (Å²) in [5, 5.41) is 6.68. The van der Waals surface area contributed by atoms with Gasteiger partial charge in [0.25, 0.3) is 5.91 Å². The molecule has 8 rings (SSSR count). The fraction of sp³-hybridized carbons (Fsp3) is 0.316. The van der Waals surface area contributed by atoms with Gasteiger partial charge in [0, 0.05) is 10.2 Å². The molecule has 0 aliphatic heterocycles. The zero-order chi connectivity index (χ0) is 32.3. The van der Waals surface area contributed by atoms with Gasteiger partial charge in [-0.2, -0.15) is 0 Å². The summed E-state index contributed by atoms with van der Waals surface area (Å²) < 4.78 is -0.0733. The molecule has 4 nitrogen and oxygen atoms in total. The van der Waals surface area contributed by atoms with Crippen LogP contribution in [0.25, 0.3) is 0 Å². The number of carbonyl (C=O) groups is 2. The summed E-state index contributed by atoms with van der Waals surface area (Å²) in [5.41, 5.74) is 2.82. The van der Waals surface area contributed by atoms with Gasteiger partial charge in [0.05, 0.1) is 11.0 Å². The van der Waals surface area contributed by atoms with E-state index in [9.17, 15) is 9.59 Å². The van der Waals surface area contributed by atoms with Crippen LogP contribution in [0, 0.1) is 23.2 Å². The normalized spacial score (nSPS) is 22.9. The fourth-order valence-electron chi connectivity index (χ4n) is 8.45. The number of alkyl halides is 3. The van der Waals surface area contributed by atoms with Gasteiger partial charge in [-0.1, -0.05) is 126 Å². The first kappa shape index (κ1) is 33.1. The molecule has 0 aromatic heterocycles. The standard InChI is InChI=1S/C37H35BrN2O2.CHCl3/c38-33-17-16-31(39-35(42)36-22-25-18-26(23-36)20-27(19-25)24-36)21-32(33)34(41)40-37(28-10-4-1-5-11-28,29-12-6-2-7-13-29)30-14-8-3-9-15-30;2-1(3)4/h1-17,21,25-27H,18-20,22-24H2,(H,39,42)(H,40,41);1H. The largest absolute Gasteiger partial charge is 0.334 e. The van der Waals surface area contributed by atoms with Crippen molar-refractivity contribution in [1.29, 1.82) is 0 Å². The Balaban J connectivity index is 0.000000879. The second-order valence-corrected chi connectivity index (χ2v) is 15.7. The molecule has 46 heavy (non-hydrogen) atoms. The predicted molar refractivity (Wildman–Crippen MR) is 191 cm³/mol. The summed E-state index contributed by atoms with van der Waals surface area (Å²) in [5.74, 6) is 1.97. The van der Waals surface area contributed by atoms with E-state index in [0.29, 0.717) is 33.5 Å². The molecule has 0 radical (unpaired) electrons. The van der Waals surface area contributed by atoms with E-state index in [4.69, 9.17) is 34.8 Å². The lowest BCUT2D eigenvalue weighted by molar-refractivity contribution is -0.140. The van der Waals surface area contributed by atoms with Crippen molar-refractivity contribution in [2.45, 2.75) is 48.4 Å². The molecule has 4 aliphatic rings. The number of halogens is 4. The summed E-state index contributed by atoms with van der Waals surface area (Å²) >= 11 is 18.0. The van der Waals surface area contributed by atoms with Crippen molar-refractivity contribution in [3.8, 4) is 0 Å². The van der Waals surface area contributed by atoms with Gasteiger partial charge in [0.2, 0.25) is 5.91 Å². The minimum absolute atomic E-state index is 0.127. The van der Waals surface area contributed by atoms with Gasteiger partial charge in [-0.15, -0.1) is 0 Å². The van der Waals surface area contributed by atoms with Crippen LogP contribution in [0.4, 0.5) is 5.69 Å². The van der Waals surface area contributed by atoms with Crippen LogP contribution in [-0.2, 0) is 10.3 Å². The Morgan fingerprint density at radius 2 is 1.11 bits per heavy atom. The molecular weight excluding hydrogens is 703 g/mol. The smallest absolute Gasteiger partial charge is 0.253 e. The van der Waals surface area contributed by atoms with E-state index >= 15 is 0 Å². The minimum Gasteiger partial charge on any atom is -0.334 e. The van der Waals surface area contributed by atoms with Crippen molar-refractivity contribution in [3.05, 3.63) is 136 Å². The SMILES string of the molecule is ClC(Cl)Cl.O=C(NC(c1ccccc1)(c1ccccc1)c1ccccc1)c1cc(NC(=O)C23CC4CC(CC(C4)C2)C3)ccc1Br. The Morgan fingerprint density at radius 1 is 0.696 bits per heavy atom. The molecule has 8 heteroatoms. The quantitative estimate of drug-likeness (QED) is 0.147. The van der Waals surface area contributed by atoms with E-state index in [1.165, 1.54) is 19.3 Å². The van der Waals surface area contributed by atoms with Gasteiger partial charge >= 0.3 is 0 Å². The van der Waals surface area contributed by atoms with Crippen molar-refractivity contribution < 1.29 is 9.59 Å². The molecule has 4 aromatic rings. The summed E-state index contributed by atoms with van der Waals surface area (Å²) in [6, 6.07) is 35.8. The number of nitrogens with one attached hydrogen (secondary N) is 2. The van der Waals surface area contributed by atoms with Crippen LogP contribution in [0.3, 0.4) is 0 Å². The molecule has 238 valence electrons. The number of anilines is 1. The first-order valence-electron chi connectivity index (χ1n) is 15.7.